The molecule has 5 aromatic rings. The Kier molecular flexibility index (Phi) is 4.06. The zero-order valence-electron chi connectivity index (χ0n) is 16.6. The van der Waals surface area contributed by atoms with Crippen molar-refractivity contribution in [3.63, 3.8) is 0 Å². The molecule has 0 amide bonds. The molecule has 4 aromatic carbocycles. The van der Waals surface area contributed by atoms with Gasteiger partial charge in [0, 0.05) is 0 Å². The largest absolute Gasteiger partial charge is 0.439 e. The first-order chi connectivity index (χ1) is 15.3. The van der Waals surface area contributed by atoms with Crippen molar-refractivity contribution < 1.29 is 9.15 Å². The van der Waals surface area contributed by atoms with E-state index in [1.54, 1.807) is 6.08 Å². The molecule has 0 unspecified atom stereocenters. The van der Waals surface area contributed by atoms with Crippen LogP contribution in [0.5, 0.6) is 5.75 Å². The lowest BCUT2D eigenvalue weighted by Crippen LogP contribution is -1.96. The lowest BCUT2D eigenvalue weighted by atomic mass is 10.1. The van der Waals surface area contributed by atoms with Gasteiger partial charge in [-0.15, -0.1) is 0 Å². The first-order valence-corrected chi connectivity index (χ1v) is 10.1. The number of oxazole rings is 1. The SMILES string of the molecule is C(=C1Nc2cc(-c3ccccc3)ccc2O1)c1nc2cc(-c3ccccc3)ccc2o1. The monoisotopic (exact) mass is 402 g/mol. The Hall–Kier alpha value is -4.31. The number of ether oxygens (including phenoxy) is 1. The van der Waals surface area contributed by atoms with Crippen LogP contribution in [0.2, 0.25) is 0 Å². The number of hydrogen-bond donors (Lipinski definition) is 1. The molecule has 1 N–H and O–H groups in total. The molecule has 1 aliphatic heterocycles. The summed E-state index contributed by atoms with van der Waals surface area (Å²) < 4.78 is 11.8. The summed E-state index contributed by atoms with van der Waals surface area (Å²) >= 11 is 0. The van der Waals surface area contributed by atoms with Crippen LogP contribution in [0.4, 0.5) is 5.69 Å². The van der Waals surface area contributed by atoms with Crippen LogP contribution in [0.3, 0.4) is 0 Å². The van der Waals surface area contributed by atoms with E-state index < -0.39 is 0 Å². The average molecular weight is 402 g/mol. The molecule has 0 saturated carbocycles. The number of aromatic nitrogens is 1. The summed E-state index contributed by atoms with van der Waals surface area (Å²) in [5.41, 5.74) is 7.04. The Morgan fingerprint density at radius 1 is 0.677 bits per heavy atom. The Bertz CT molecular complexity index is 1420. The van der Waals surface area contributed by atoms with Crippen molar-refractivity contribution >= 4 is 22.9 Å². The Morgan fingerprint density at radius 3 is 2.10 bits per heavy atom. The van der Waals surface area contributed by atoms with Gasteiger partial charge in [-0.2, -0.15) is 0 Å². The van der Waals surface area contributed by atoms with Gasteiger partial charge in [0.05, 0.1) is 11.8 Å². The van der Waals surface area contributed by atoms with E-state index in [2.05, 4.69) is 46.7 Å². The molecule has 148 valence electrons. The lowest BCUT2D eigenvalue weighted by molar-refractivity contribution is 0.459. The van der Waals surface area contributed by atoms with Crippen LogP contribution < -0.4 is 10.1 Å². The van der Waals surface area contributed by atoms with Gasteiger partial charge >= 0.3 is 0 Å². The standard InChI is InChI=1S/C27H18N2O2/c1-3-7-18(8-4-1)20-11-13-24-22(15-20)28-26(30-24)17-27-29-23-16-21(12-14-25(23)31-27)19-9-5-2-6-10-19/h1-17,28H. The summed E-state index contributed by atoms with van der Waals surface area (Å²) in [6.45, 7) is 0. The maximum absolute atomic E-state index is 5.94. The highest BCUT2D eigenvalue weighted by Gasteiger charge is 2.18. The summed E-state index contributed by atoms with van der Waals surface area (Å²) in [7, 11) is 0. The van der Waals surface area contributed by atoms with E-state index in [-0.39, 0.29) is 0 Å². The van der Waals surface area contributed by atoms with Gasteiger partial charge in [0.2, 0.25) is 11.8 Å². The smallest absolute Gasteiger partial charge is 0.225 e. The number of hydrogen-bond acceptors (Lipinski definition) is 4. The van der Waals surface area contributed by atoms with Crippen LogP contribution in [-0.4, -0.2) is 4.98 Å². The molecule has 0 fully saturated rings. The molecular weight excluding hydrogens is 384 g/mol. The van der Waals surface area contributed by atoms with Crippen molar-refractivity contribution in [3.05, 3.63) is 109 Å². The van der Waals surface area contributed by atoms with E-state index in [1.807, 2.05) is 60.7 Å². The number of benzene rings is 4. The second-order valence-electron chi connectivity index (χ2n) is 7.41. The second-order valence-corrected chi connectivity index (χ2v) is 7.41. The molecule has 1 aliphatic rings. The summed E-state index contributed by atoms with van der Waals surface area (Å²) in [6.07, 6.45) is 1.78. The number of anilines is 1. The van der Waals surface area contributed by atoms with Gasteiger partial charge in [-0.05, 0) is 46.5 Å². The van der Waals surface area contributed by atoms with Crippen LogP contribution in [0.25, 0.3) is 39.4 Å². The highest BCUT2D eigenvalue weighted by Crippen LogP contribution is 2.37. The minimum absolute atomic E-state index is 0.499. The van der Waals surface area contributed by atoms with Crippen molar-refractivity contribution in [1.82, 2.24) is 4.98 Å². The fraction of sp³-hybridized carbons (Fsp3) is 0. The van der Waals surface area contributed by atoms with E-state index in [4.69, 9.17) is 9.15 Å². The van der Waals surface area contributed by atoms with Gasteiger partial charge in [-0.25, -0.2) is 4.98 Å². The third kappa shape index (κ3) is 3.34. The highest BCUT2D eigenvalue weighted by atomic mass is 16.5. The molecule has 0 spiro atoms. The van der Waals surface area contributed by atoms with E-state index >= 15 is 0 Å². The zero-order chi connectivity index (χ0) is 20.6. The van der Waals surface area contributed by atoms with Gasteiger partial charge in [0.15, 0.2) is 11.3 Å². The number of fused-ring (bicyclic) bond motifs is 2. The molecule has 31 heavy (non-hydrogen) atoms. The Balaban J connectivity index is 1.28. The Morgan fingerprint density at radius 2 is 1.35 bits per heavy atom. The quantitative estimate of drug-likeness (QED) is 0.354. The van der Waals surface area contributed by atoms with Gasteiger partial charge in [0.25, 0.3) is 0 Å². The van der Waals surface area contributed by atoms with Gasteiger partial charge in [-0.1, -0.05) is 72.8 Å². The normalized spacial score (nSPS) is 13.7. The number of nitrogens with zero attached hydrogens (tertiary/aromatic N) is 1. The summed E-state index contributed by atoms with van der Waals surface area (Å²) in [6, 6.07) is 32.7. The molecule has 0 radical (unpaired) electrons. The van der Waals surface area contributed by atoms with E-state index in [1.165, 1.54) is 0 Å². The van der Waals surface area contributed by atoms with Crippen molar-refractivity contribution in [2.75, 3.05) is 5.32 Å². The second kappa shape index (κ2) is 7.18. The van der Waals surface area contributed by atoms with Crippen LogP contribution in [0.1, 0.15) is 5.89 Å². The predicted molar refractivity (Wildman–Crippen MR) is 124 cm³/mol. The summed E-state index contributed by atoms with van der Waals surface area (Å²) in [4.78, 5) is 4.63. The van der Waals surface area contributed by atoms with E-state index in [0.717, 1.165) is 44.8 Å². The minimum atomic E-state index is 0.499. The Labute approximate surface area is 179 Å². The molecule has 1 aromatic heterocycles. The van der Waals surface area contributed by atoms with Crippen molar-refractivity contribution in [2.24, 2.45) is 0 Å². The van der Waals surface area contributed by atoms with Crippen LogP contribution >= 0.6 is 0 Å². The van der Waals surface area contributed by atoms with Crippen molar-refractivity contribution in [2.45, 2.75) is 0 Å². The van der Waals surface area contributed by atoms with Crippen LogP contribution in [0, 0.1) is 0 Å². The third-order valence-electron chi connectivity index (χ3n) is 5.33. The highest BCUT2D eigenvalue weighted by molar-refractivity contribution is 5.82. The molecule has 6 rings (SSSR count). The van der Waals surface area contributed by atoms with E-state index in [0.29, 0.717) is 11.8 Å². The van der Waals surface area contributed by atoms with Crippen LogP contribution in [-0.2, 0) is 0 Å². The molecule has 4 nitrogen and oxygen atoms in total. The number of nitrogens with one attached hydrogen (secondary N) is 1. The zero-order valence-corrected chi connectivity index (χ0v) is 16.6. The minimum Gasteiger partial charge on any atom is -0.439 e. The topological polar surface area (TPSA) is 47.3 Å². The van der Waals surface area contributed by atoms with Crippen molar-refractivity contribution in [1.29, 1.82) is 0 Å². The molecular formula is C27H18N2O2. The van der Waals surface area contributed by atoms with Gasteiger partial charge < -0.3 is 14.5 Å². The molecule has 0 atom stereocenters. The molecule has 0 bridgehead atoms. The summed E-state index contributed by atoms with van der Waals surface area (Å²) in [5, 5.41) is 3.31. The first kappa shape index (κ1) is 17.5. The molecule has 2 heterocycles. The predicted octanol–water partition coefficient (Wildman–Crippen LogP) is 6.96. The lowest BCUT2D eigenvalue weighted by Gasteiger charge is -2.03. The summed E-state index contributed by atoms with van der Waals surface area (Å²) in [5.74, 6) is 1.88. The molecule has 0 saturated heterocycles. The maximum Gasteiger partial charge on any atom is 0.225 e. The van der Waals surface area contributed by atoms with E-state index in [9.17, 15) is 0 Å². The fourth-order valence-electron chi connectivity index (χ4n) is 3.80. The number of rotatable bonds is 3. The third-order valence-corrected chi connectivity index (χ3v) is 5.33. The fourth-order valence-corrected chi connectivity index (χ4v) is 3.80. The average Bonchev–Trinajstić information content (AvgIpc) is 3.42. The van der Waals surface area contributed by atoms with Gasteiger partial charge in [-0.3, -0.25) is 0 Å². The molecule has 4 heteroatoms. The maximum atomic E-state index is 5.94. The van der Waals surface area contributed by atoms with Gasteiger partial charge in [0.1, 0.15) is 5.52 Å². The first-order valence-electron chi connectivity index (χ1n) is 10.1. The molecule has 0 aliphatic carbocycles. The van der Waals surface area contributed by atoms with Crippen molar-refractivity contribution in [3.8, 4) is 28.0 Å². The van der Waals surface area contributed by atoms with Crippen LogP contribution in [0.15, 0.2) is 107 Å².